The van der Waals surface area contributed by atoms with Crippen molar-refractivity contribution in [1.29, 1.82) is 0 Å². The number of rotatable bonds is 5. The summed E-state index contributed by atoms with van der Waals surface area (Å²) in [5, 5.41) is 2.85. The lowest BCUT2D eigenvalue weighted by atomic mass is 9.95. The van der Waals surface area contributed by atoms with Crippen LogP contribution in [0, 0.1) is 5.92 Å². The molecule has 2 aromatic heterocycles. The van der Waals surface area contributed by atoms with Crippen LogP contribution in [0.4, 0.5) is 0 Å². The Bertz CT molecular complexity index is 675. The molecule has 5 heteroatoms. The number of hydrogen-bond donors (Lipinski definition) is 1. The molecular formula is C15H16ClN3S. The second-order valence-electron chi connectivity index (χ2n) is 4.93. The minimum atomic E-state index is 0.361. The molecule has 0 aliphatic carbocycles. The number of nitrogens with two attached hydrogens (primary N) is 1. The van der Waals surface area contributed by atoms with Crippen molar-refractivity contribution in [2.24, 2.45) is 11.7 Å². The van der Waals surface area contributed by atoms with Gasteiger partial charge in [-0.3, -0.25) is 4.40 Å². The van der Waals surface area contributed by atoms with E-state index in [1.54, 1.807) is 11.3 Å². The third kappa shape index (κ3) is 2.87. The molecule has 0 saturated heterocycles. The van der Waals surface area contributed by atoms with Crippen molar-refractivity contribution in [3.05, 3.63) is 58.3 Å². The van der Waals surface area contributed by atoms with E-state index in [4.69, 9.17) is 17.3 Å². The fraction of sp³-hybridized carbons (Fsp3) is 0.267. The summed E-state index contributed by atoms with van der Waals surface area (Å²) in [5.74, 6) is 0.361. The highest BCUT2D eigenvalue weighted by molar-refractivity contribution is 7.15. The van der Waals surface area contributed by atoms with Crippen LogP contribution in [0.5, 0.6) is 0 Å². The largest absolute Gasteiger partial charge is 0.330 e. The summed E-state index contributed by atoms with van der Waals surface area (Å²) >= 11 is 7.86. The molecule has 0 aliphatic rings. The van der Waals surface area contributed by atoms with Gasteiger partial charge in [0.2, 0.25) is 0 Å². The topological polar surface area (TPSA) is 43.3 Å². The van der Waals surface area contributed by atoms with Gasteiger partial charge in [-0.2, -0.15) is 0 Å². The fourth-order valence-electron chi connectivity index (χ4n) is 2.38. The second kappa shape index (κ2) is 5.95. The minimum absolute atomic E-state index is 0.361. The Balaban J connectivity index is 1.74. The SMILES string of the molecule is NCC(Cc1cn2ccsc2n1)Cc1ccccc1Cl. The molecule has 2 N–H and O–H groups in total. The molecule has 0 aliphatic heterocycles. The van der Waals surface area contributed by atoms with Gasteiger partial charge in [-0.25, -0.2) is 4.98 Å². The number of benzene rings is 1. The van der Waals surface area contributed by atoms with E-state index in [0.717, 1.165) is 34.1 Å². The van der Waals surface area contributed by atoms with E-state index >= 15 is 0 Å². The molecule has 0 amide bonds. The summed E-state index contributed by atoms with van der Waals surface area (Å²) in [6.45, 7) is 0.635. The lowest BCUT2D eigenvalue weighted by molar-refractivity contribution is 0.528. The predicted molar refractivity (Wildman–Crippen MR) is 84.5 cm³/mol. The number of fused-ring (bicyclic) bond motifs is 1. The van der Waals surface area contributed by atoms with E-state index in [1.165, 1.54) is 0 Å². The Hall–Kier alpha value is -1.36. The quantitative estimate of drug-likeness (QED) is 0.785. The van der Waals surface area contributed by atoms with Crippen LogP contribution in [-0.2, 0) is 12.8 Å². The van der Waals surface area contributed by atoms with Gasteiger partial charge in [0.15, 0.2) is 4.96 Å². The third-order valence-electron chi connectivity index (χ3n) is 3.44. The Morgan fingerprint density at radius 3 is 2.90 bits per heavy atom. The number of aromatic nitrogens is 2. The molecule has 0 radical (unpaired) electrons. The average molecular weight is 306 g/mol. The molecule has 1 aromatic carbocycles. The molecule has 0 bridgehead atoms. The van der Waals surface area contributed by atoms with Gasteiger partial charge in [0.05, 0.1) is 5.69 Å². The first kappa shape index (κ1) is 13.6. The summed E-state index contributed by atoms with van der Waals surface area (Å²) in [6.07, 6.45) is 5.89. The Morgan fingerprint density at radius 1 is 1.30 bits per heavy atom. The molecule has 3 nitrogen and oxygen atoms in total. The van der Waals surface area contributed by atoms with Crippen LogP contribution in [0.2, 0.25) is 5.02 Å². The molecule has 20 heavy (non-hydrogen) atoms. The fourth-order valence-corrected chi connectivity index (χ4v) is 3.32. The first-order chi connectivity index (χ1) is 9.76. The summed E-state index contributed by atoms with van der Waals surface area (Å²) in [6, 6.07) is 7.96. The maximum atomic E-state index is 6.22. The lowest BCUT2D eigenvalue weighted by Gasteiger charge is -2.14. The van der Waals surface area contributed by atoms with Crippen molar-refractivity contribution >= 4 is 27.9 Å². The minimum Gasteiger partial charge on any atom is -0.330 e. The van der Waals surface area contributed by atoms with Gasteiger partial charge in [0.25, 0.3) is 0 Å². The molecule has 2 heterocycles. The zero-order chi connectivity index (χ0) is 13.9. The van der Waals surface area contributed by atoms with Crippen LogP contribution in [0.15, 0.2) is 42.0 Å². The van der Waals surface area contributed by atoms with Crippen molar-refractivity contribution in [3.8, 4) is 0 Å². The standard InChI is InChI=1S/C15H16ClN3S/c16-14-4-2-1-3-12(14)7-11(9-17)8-13-10-19-5-6-20-15(19)18-13/h1-6,10-11H,7-9,17H2. The van der Waals surface area contributed by atoms with Crippen molar-refractivity contribution in [2.45, 2.75) is 12.8 Å². The monoisotopic (exact) mass is 305 g/mol. The van der Waals surface area contributed by atoms with Crippen molar-refractivity contribution in [1.82, 2.24) is 9.38 Å². The van der Waals surface area contributed by atoms with Gasteiger partial charge < -0.3 is 5.73 Å². The van der Waals surface area contributed by atoms with Crippen LogP contribution in [0.3, 0.4) is 0 Å². The molecule has 1 unspecified atom stereocenters. The zero-order valence-corrected chi connectivity index (χ0v) is 12.6. The molecule has 0 fully saturated rings. The van der Waals surface area contributed by atoms with Crippen LogP contribution >= 0.6 is 22.9 Å². The van der Waals surface area contributed by atoms with Gasteiger partial charge in [-0.05, 0) is 36.9 Å². The number of halogens is 1. The van der Waals surface area contributed by atoms with E-state index in [-0.39, 0.29) is 0 Å². The molecule has 3 aromatic rings. The number of imidazole rings is 1. The predicted octanol–water partition coefficient (Wildman–Crippen LogP) is 3.41. The van der Waals surface area contributed by atoms with Crippen LogP contribution < -0.4 is 5.73 Å². The molecular weight excluding hydrogens is 290 g/mol. The Labute approximate surface area is 127 Å². The smallest absolute Gasteiger partial charge is 0.193 e. The van der Waals surface area contributed by atoms with Gasteiger partial charge in [0.1, 0.15) is 0 Å². The van der Waals surface area contributed by atoms with Gasteiger partial charge >= 0.3 is 0 Å². The Kier molecular flexibility index (Phi) is 4.05. The van der Waals surface area contributed by atoms with Crippen LogP contribution in [0.25, 0.3) is 4.96 Å². The van der Waals surface area contributed by atoms with Crippen molar-refractivity contribution in [3.63, 3.8) is 0 Å². The van der Waals surface area contributed by atoms with Gasteiger partial charge in [0, 0.05) is 22.8 Å². The van der Waals surface area contributed by atoms with Gasteiger partial charge in [-0.1, -0.05) is 29.8 Å². The number of nitrogens with zero attached hydrogens (tertiary/aromatic N) is 2. The average Bonchev–Trinajstić information content (AvgIpc) is 3.01. The lowest BCUT2D eigenvalue weighted by Crippen LogP contribution is -2.19. The molecule has 0 saturated carbocycles. The van der Waals surface area contributed by atoms with Crippen LogP contribution in [-0.4, -0.2) is 15.9 Å². The highest BCUT2D eigenvalue weighted by Crippen LogP contribution is 2.21. The van der Waals surface area contributed by atoms with Crippen LogP contribution in [0.1, 0.15) is 11.3 Å². The van der Waals surface area contributed by atoms with Crippen molar-refractivity contribution < 1.29 is 0 Å². The maximum absolute atomic E-state index is 6.22. The Morgan fingerprint density at radius 2 is 2.15 bits per heavy atom. The van der Waals surface area contributed by atoms with E-state index in [1.807, 2.05) is 29.8 Å². The molecule has 3 rings (SSSR count). The van der Waals surface area contributed by atoms with Crippen molar-refractivity contribution in [2.75, 3.05) is 6.54 Å². The first-order valence-corrected chi connectivity index (χ1v) is 7.86. The maximum Gasteiger partial charge on any atom is 0.193 e. The van der Waals surface area contributed by atoms with E-state index in [9.17, 15) is 0 Å². The summed E-state index contributed by atoms with van der Waals surface area (Å²) in [5.41, 5.74) is 8.17. The molecule has 0 spiro atoms. The van der Waals surface area contributed by atoms with E-state index in [0.29, 0.717) is 12.5 Å². The third-order valence-corrected chi connectivity index (χ3v) is 4.58. The second-order valence-corrected chi connectivity index (χ2v) is 6.21. The summed E-state index contributed by atoms with van der Waals surface area (Å²) in [4.78, 5) is 5.65. The highest BCUT2D eigenvalue weighted by Gasteiger charge is 2.13. The first-order valence-electron chi connectivity index (χ1n) is 6.61. The van der Waals surface area contributed by atoms with Gasteiger partial charge in [-0.15, -0.1) is 11.3 Å². The molecule has 104 valence electrons. The zero-order valence-electron chi connectivity index (χ0n) is 11.0. The number of thiazole rings is 1. The van der Waals surface area contributed by atoms with E-state index < -0.39 is 0 Å². The normalized spacial score (nSPS) is 12.9. The van der Waals surface area contributed by atoms with E-state index in [2.05, 4.69) is 21.6 Å². The number of hydrogen-bond acceptors (Lipinski definition) is 3. The molecule has 1 atom stereocenters. The highest BCUT2D eigenvalue weighted by atomic mass is 35.5. The summed E-state index contributed by atoms with van der Waals surface area (Å²) < 4.78 is 2.06. The summed E-state index contributed by atoms with van der Waals surface area (Å²) in [7, 11) is 0.